The van der Waals surface area contributed by atoms with Gasteiger partial charge in [-0.05, 0) is 24.7 Å². The lowest BCUT2D eigenvalue weighted by Crippen LogP contribution is -2.14. The number of anilines is 1. The third-order valence-electron chi connectivity index (χ3n) is 3.31. The third kappa shape index (κ3) is 3.21. The molecule has 1 aliphatic rings. The zero-order valence-electron chi connectivity index (χ0n) is 11.1. The van der Waals surface area contributed by atoms with Crippen molar-refractivity contribution in [2.45, 2.75) is 26.2 Å². The van der Waals surface area contributed by atoms with Crippen LogP contribution in [0.1, 0.15) is 26.2 Å². The molecule has 6 nitrogen and oxygen atoms in total. The Bertz CT molecular complexity index is 377. The molecule has 1 aromatic heterocycles. The van der Waals surface area contributed by atoms with Gasteiger partial charge < -0.3 is 14.8 Å². The number of rotatable bonds is 5. The summed E-state index contributed by atoms with van der Waals surface area (Å²) in [6.07, 6.45) is 3.86. The fourth-order valence-corrected chi connectivity index (χ4v) is 2.35. The van der Waals surface area contributed by atoms with Gasteiger partial charge in [-0.3, -0.25) is 0 Å². The van der Waals surface area contributed by atoms with Gasteiger partial charge in [0.2, 0.25) is 5.95 Å². The number of nitrogens with one attached hydrogen (secondary N) is 1. The predicted molar refractivity (Wildman–Crippen MR) is 67.9 cm³/mol. The van der Waals surface area contributed by atoms with Gasteiger partial charge in [0.05, 0.1) is 14.2 Å². The predicted octanol–water partition coefficient (Wildman–Crippen LogP) is 1.74. The lowest BCUT2D eigenvalue weighted by Gasteiger charge is -2.11. The number of aromatic nitrogens is 3. The molecule has 18 heavy (non-hydrogen) atoms. The lowest BCUT2D eigenvalue weighted by atomic mass is 10.1. The Morgan fingerprint density at radius 3 is 2.28 bits per heavy atom. The molecule has 1 saturated carbocycles. The summed E-state index contributed by atoms with van der Waals surface area (Å²) < 4.78 is 10.0. The van der Waals surface area contributed by atoms with E-state index in [4.69, 9.17) is 9.47 Å². The van der Waals surface area contributed by atoms with E-state index in [0.29, 0.717) is 11.9 Å². The first kappa shape index (κ1) is 12.9. The van der Waals surface area contributed by atoms with E-state index in [0.717, 1.165) is 12.5 Å². The molecule has 2 atom stereocenters. The van der Waals surface area contributed by atoms with Crippen LogP contribution in [-0.4, -0.2) is 35.7 Å². The molecular weight excluding hydrogens is 232 g/mol. The molecule has 2 unspecified atom stereocenters. The topological polar surface area (TPSA) is 69.2 Å². The highest BCUT2D eigenvalue weighted by Gasteiger charge is 2.21. The van der Waals surface area contributed by atoms with Crippen LogP contribution in [0.3, 0.4) is 0 Å². The Morgan fingerprint density at radius 2 is 1.78 bits per heavy atom. The van der Waals surface area contributed by atoms with Gasteiger partial charge in [0.25, 0.3) is 0 Å². The van der Waals surface area contributed by atoms with Gasteiger partial charge in [-0.2, -0.15) is 9.97 Å². The van der Waals surface area contributed by atoms with E-state index in [2.05, 4.69) is 27.2 Å². The molecule has 2 rings (SSSR count). The summed E-state index contributed by atoms with van der Waals surface area (Å²) in [6, 6.07) is 0.535. The average molecular weight is 252 g/mol. The first-order valence-electron chi connectivity index (χ1n) is 6.29. The minimum Gasteiger partial charge on any atom is -0.467 e. The minimum absolute atomic E-state index is 0.268. The van der Waals surface area contributed by atoms with Crippen LogP contribution in [0.15, 0.2) is 0 Å². The van der Waals surface area contributed by atoms with Crippen LogP contribution < -0.4 is 14.8 Å². The highest BCUT2D eigenvalue weighted by Crippen LogP contribution is 2.30. The highest BCUT2D eigenvalue weighted by atomic mass is 16.5. The SMILES string of the molecule is COc1nc(NCC2CCC(C)C2)nc(OC)n1. The first-order valence-corrected chi connectivity index (χ1v) is 6.29. The third-order valence-corrected chi connectivity index (χ3v) is 3.31. The number of hydrogen-bond donors (Lipinski definition) is 1. The first-order chi connectivity index (χ1) is 8.71. The van der Waals surface area contributed by atoms with Crippen molar-refractivity contribution in [1.29, 1.82) is 0 Å². The van der Waals surface area contributed by atoms with Gasteiger partial charge in [-0.15, -0.1) is 4.98 Å². The normalized spacial score (nSPS) is 22.8. The molecule has 6 heteroatoms. The van der Waals surface area contributed by atoms with Crippen molar-refractivity contribution in [3.05, 3.63) is 0 Å². The van der Waals surface area contributed by atoms with Gasteiger partial charge in [0.15, 0.2) is 0 Å². The van der Waals surface area contributed by atoms with E-state index < -0.39 is 0 Å². The minimum atomic E-state index is 0.268. The Hall–Kier alpha value is -1.59. The fourth-order valence-electron chi connectivity index (χ4n) is 2.35. The maximum absolute atomic E-state index is 5.00. The molecule has 0 radical (unpaired) electrons. The fraction of sp³-hybridized carbons (Fsp3) is 0.750. The molecule has 1 heterocycles. The summed E-state index contributed by atoms with van der Waals surface area (Å²) in [5.74, 6) is 2.05. The standard InChI is InChI=1S/C12H20N4O2/c1-8-4-5-9(6-8)7-13-10-14-11(17-2)16-12(15-10)18-3/h8-9H,4-7H2,1-3H3,(H,13,14,15,16). The molecule has 0 spiro atoms. The molecule has 0 amide bonds. The molecule has 0 bridgehead atoms. The Balaban J connectivity index is 1.95. The molecule has 1 fully saturated rings. The van der Waals surface area contributed by atoms with Crippen LogP contribution >= 0.6 is 0 Å². The van der Waals surface area contributed by atoms with Crippen molar-refractivity contribution >= 4 is 5.95 Å². The van der Waals surface area contributed by atoms with E-state index in [9.17, 15) is 0 Å². The lowest BCUT2D eigenvalue weighted by molar-refractivity contribution is 0.341. The molecule has 1 N–H and O–H groups in total. The zero-order valence-corrected chi connectivity index (χ0v) is 11.1. The summed E-state index contributed by atoms with van der Waals surface area (Å²) in [5, 5.41) is 3.23. The van der Waals surface area contributed by atoms with E-state index in [-0.39, 0.29) is 12.0 Å². The summed E-state index contributed by atoms with van der Waals surface area (Å²) in [6.45, 7) is 3.19. The Labute approximate surface area is 107 Å². The van der Waals surface area contributed by atoms with Crippen molar-refractivity contribution in [3.8, 4) is 12.0 Å². The number of ether oxygens (including phenoxy) is 2. The van der Waals surface area contributed by atoms with Gasteiger partial charge in [0, 0.05) is 6.54 Å². The largest absolute Gasteiger partial charge is 0.467 e. The smallest absolute Gasteiger partial charge is 0.324 e. The summed E-state index contributed by atoms with van der Waals surface area (Å²) >= 11 is 0. The summed E-state index contributed by atoms with van der Waals surface area (Å²) in [7, 11) is 3.05. The van der Waals surface area contributed by atoms with Gasteiger partial charge in [-0.25, -0.2) is 0 Å². The average Bonchev–Trinajstić information content (AvgIpc) is 2.81. The second kappa shape index (κ2) is 5.84. The van der Waals surface area contributed by atoms with Crippen LogP contribution in [0.5, 0.6) is 12.0 Å². The van der Waals surface area contributed by atoms with Crippen molar-refractivity contribution in [2.75, 3.05) is 26.1 Å². The van der Waals surface area contributed by atoms with Crippen molar-refractivity contribution < 1.29 is 9.47 Å². The van der Waals surface area contributed by atoms with Crippen LogP contribution in [-0.2, 0) is 0 Å². The number of methoxy groups -OCH3 is 2. The van der Waals surface area contributed by atoms with E-state index >= 15 is 0 Å². The molecule has 0 aliphatic heterocycles. The molecule has 1 aliphatic carbocycles. The van der Waals surface area contributed by atoms with Crippen LogP contribution in [0.4, 0.5) is 5.95 Å². The van der Waals surface area contributed by atoms with E-state index in [1.807, 2.05) is 0 Å². The highest BCUT2D eigenvalue weighted by molar-refractivity contribution is 5.27. The van der Waals surface area contributed by atoms with Gasteiger partial charge in [0.1, 0.15) is 0 Å². The quantitative estimate of drug-likeness (QED) is 0.860. The molecule has 100 valence electrons. The van der Waals surface area contributed by atoms with E-state index in [1.165, 1.54) is 33.5 Å². The molecule has 0 saturated heterocycles. The maximum atomic E-state index is 5.00. The number of hydrogen-bond acceptors (Lipinski definition) is 6. The Kier molecular flexibility index (Phi) is 4.17. The second-order valence-electron chi connectivity index (χ2n) is 4.80. The van der Waals surface area contributed by atoms with Crippen molar-refractivity contribution in [1.82, 2.24) is 15.0 Å². The van der Waals surface area contributed by atoms with Crippen LogP contribution in [0, 0.1) is 11.8 Å². The van der Waals surface area contributed by atoms with Crippen molar-refractivity contribution in [3.63, 3.8) is 0 Å². The molecular formula is C12H20N4O2. The molecule has 0 aromatic carbocycles. The van der Waals surface area contributed by atoms with Crippen LogP contribution in [0.25, 0.3) is 0 Å². The summed E-state index contributed by atoms with van der Waals surface area (Å²) in [4.78, 5) is 12.2. The monoisotopic (exact) mass is 252 g/mol. The van der Waals surface area contributed by atoms with Gasteiger partial charge in [-0.1, -0.05) is 13.3 Å². The van der Waals surface area contributed by atoms with Gasteiger partial charge >= 0.3 is 12.0 Å². The van der Waals surface area contributed by atoms with Crippen molar-refractivity contribution in [2.24, 2.45) is 11.8 Å². The maximum Gasteiger partial charge on any atom is 0.324 e. The number of nitrogens with zero attached hydrogens (tertiary/aromatic N) is 3. The van der Waals surface area contributed by atoms with Crippen LogP contribution in [0.2, 0.25) is 0 Å². The molecule has 1 aromatic rings. The second-order valence-corrected chi connectivity index (χ2v) is 4.80. The summed E-state index contributed by atoms with van der Waals surface area (Å²) in [5.41, 5.74) is 0. The zero-order chi connectivity index (χ0) is 13.0. The van der Waals surface area contributed by atoms with E-state index in [1.54, 1.807) is 0 Å². The Morgan fingerprint density at radius 1 is 1.11 bits per heavy atom.